The summed E-state index contributed by atoms with van der Waals surface area (Å²) in [7, 11) is 1.72. The van der Waals surface area contributed by atoms with E-state index in [1.165, 1.54) is 0 Å². The van der Waals surface area contributed by atoms with Crippen LogP contribution in [-0.2, 0) is 13.1 Å². The maximum Gasteiger partial charge on any atom is 0.317 e. The molecule has 110 valence electrons. The van der Waals surface area contributed by atoms with Gasteiger partial charge >= 0.3 is 6.03 Å². The Morgan fingerprint density at radius 3 is 2.95 bits per heavy atom. The van der Waals surface area contributed by atoms with Crippen molar-refractivity contribution in [2.24, 2.45) is 0 Å². The van der Waals surface area contributed by atoms with Crippen molar-refractivity contribution in [2.45, 2.75) is 13.1 Å². The summed E-state index contributed by atoms with van der Waals surface area (Å²) in [5.41, 5.74) is 0.957. The fourth-order valence-corrected chi connectivity index (χ4v) is 2.07. The minimum Gasteiger partial charge on any atom is -0.467 e. The van der Waals surface area contributed by atoms with Crippen LogP contribution < -0.4 is 14.8 Å². The molecule has 0 aliphatic carbocycles. The SMILES string of the molecule is CN(Cc1ccco1)C(=O)NCc1ccc2c(c1)OCO2. The van der Waals surface area contributed by atoms with Gasteiger partial charge in [-0.3, -0.25) is 0 Å². The number of carbonyl (C=O) groups excluding carboxylic acids is 1. The lowest BCUT2D eigenvalue weighted by atomic mass is 10.2. The molecule has 0 saturated heterocycles. The van der Waals surface area contributed by atoms with Gasteiger partial charge in [0, 0.05) is 13.6 Å². The highest BCUT2D eigenvalue weighted by Crippen LogP contribution is 2.32. The van der Waals surface area contributed by atoms with Crippen LogP contribution in [0.25, 0.3) is 0 Å². The fourth-order valence-electron chi connectivity index (χ4n) is 2.07. The Morgan fingerprint density at radius 1 is 1.29 bits per heavy atom. The molecule has 1 N–H and O–H groups in total. The van der Waals surface area contributed by atoms with E-state index in [0.29, 0.717) is 18.8 Å². The van der Waals surface area contributed by atoms with Gasteiger partial charge in [-0.1, -0.05) is 6.07 Å². The molecule has 0 spiro atoms. The van der Waals surface area contributed by atoms with Crippen LogP contribution in [0.4, 0.5) is 4.79 Å². The van der Waals surface area contributed by atoms with E-state index in [1.807, 2.05) is 24.3 Å². The fraction of sp³-hybridized carbons (Fsp3) is 0.267. The van der Waals surface area contributed by atoms with E-state index < -0.39 is 0 Å². The zero-order chi connectivity index (χ0) is 14.7. The van der Waals surface area contributed by atoms with E-state index in [0.717, 1.165) is 17.1 Å². The molecular weight excluding hydrogens is 272 g/mol. The van der Waals surface area contributed by atoms with Crippen LogP contribution in [-0.4, -0.2) is 24.8 Å². The zero-order valence-corrected chi connectivity index (χ0v) is 11.7. The van der Waals surface area contributed by atoms with E-state index in [4.69, 9.17) is 13.9 Å². The van der Waals surface area contributed by atoms with E-state index >= 15 is 0 Å². The van der Waals surface area contributed by atoms with E-state index in [9.17, 15) is 4.79 Å². The van der Waals surface area contributed by atoms with Crippen LogP contribution in [0.3, 0.4) is 0 Å². The first-order valence-electron chi connectivity index (χ1n) is 6.62. The number of rotatable bonds is 4. The molecule has 1 aromatic heterocycles. The number of fused-ring (bicyclic) bond motifs is 1. The number of hydrogen-bond donors (Lipinski definition) is 1. The first-order chi connectivity index (χ1) is 10.2. The number of nitrogens with zero attached hydrogens (tertiary/aromatic N) is 1. The molecule has 6 nitrogen and oxygen atoms in total. The van der Waals surface area contributed by atoms with Gasteiger partial charge in [-0.25, -0.2) is 4.79 Å². The van der Waals surface area contributed by atoms with Gasteiger partial charge in [-0.15, -0.1) is 0 Å². The van der Waals surface area contributed by atoms with Gasteiger partial charge in [0.05, 0.1) is 12.8 Å². The largest absolute Gasteiger partial charge is 0.467 e. The monoisotopic (exact) mass is 288 g/mol. The van der Waals surface area contributed by atoms with Crippen molar-refractivity contribution in [3.63, 3.8) is 0 Å². The molecule has 0 atom stereocenters. The second-order valence-electron chi connectivity index (χ2n) is 4.78. The van der Waals surface area contributed by atoms with Crippen molar-refractivity contribution < 1.29 is 18.7 Å². The summed E-state index contributed by atoms with van der Waals surface area (Å²) in [6, 6.07) is 9.09. The van der Waals surface area contributed by atoms with Gasteiger partial charge in [0.15, 0.2) is 11.5 Å². The van der Waals surface area contributed by atoms with Gasteiger partial charge in [0.1, 0.15) is 5.76 Å². The quantitative estimate of drug-likeness (QED) is 0.938. The van der Waals surface area contributed by atoms with Crippen molar-refractivity contribution in [1.82, 2.24) is 10.2 Å². The average Bonchev–Trinajstić information content (AvgIpc) is 3.14. The lowest BCUT2D eigenvalue weighted by molar-refractivity contribution is 0.174. The molecule has 0 radical (unpaired) electrons. The van der Waals surface area contributed by atoms with Crippen LogP contribution in [0.15, 0.2) is 41.0 Å². The molecule has 0 bridgehead atoms. The summed E-state index contributed by atoms with van der Waals surface area (Å²) in [5.74, 6) is 2.20. The van der Waals surface area contributed by atoms with Crippen LogP contribution in [0.2, 0.25) is 0 Å². The van der Waals surface area contributed by atoms with Crippen LogP contribution in [0, 0.1) is 0 Å². The van der Waals surface area contributed by atoms with Crippen LogP contribution in [0.1, 0.15) is 11.3 Å². The van der Waals surface area contributed by atoms with Gasteiger partial charge < -0.3 is 24.1 Å². The standard InChI is InChI=1S/C15H16N2O4/c1-17(9-12-3-2-6-19-12)15(18)16-8-11-4-5-13-14(7-11)21-10-20-13/h2-7H,8-10H2,1H3,(H,16,18). The molecule has 3 rings (SSSR count). The van der Waals surface area contributed by atoms with Crippen molar-refractivity contribution in [1.29, 1.82) is 0 Å². The van der Waals surface area contributed by atoms with Gasteiger partial charge in [-0.05, 0) is 29.8 Å². The molecule has 6 heteroatoms. The van der Waals surface area contributed by atoms with E-state index in [2.05, 4.69) is 5.32 Å². The number of ether oxygens (including phenoxy) is 2. The summed E-state index contributed by atoms with van der Waals surface area (Å²) >= 11 is 0. The van der Waals surface area contributed by atoms with Crippen LogP contribution in [0.5, 0.6) is 11.5 Å². The lowest BCUT2D eigenvalue weighted by Crippen LogP contribution is -2.36. The minimum absolute atomic E-state index is 0.163. The Kier molecular flexibility index (Phi) is 3.68. The van der Waals surface area contributed by atoms with E-state index in [-0.39, 0.29) is 12.8 Å². The Balaban J connectivity index is 1.53. The summed E-state index contributed by atoms with van der Waals surface area (Å²) < 4.78 is 15.8. The Morgan fingerprint density at radius 2 is 2.14 bits per heavy atom. The third-order valence-electron chi connectivity index (χ3n) is 3.20. The highest BCUT2D eigenvalue weighted by molar-refractivity contribution is 5.73. The number of benzene rings is 1. The second kappa shape index (κ2) is 5.78. The molecule has 0 saturated carbocycles. The predicted octanol–water partition coefficient (Wildman–Crippen LogP) is 2.35. The maximum absolute atomic E-state index is 12.0. The lowest BCUT2D eigenvalue weighted by Gasteiger charge is -2.16. The summed E-state index contributed by atoms with van der Waals surface area (Å²) in [5, 5.41) is 2.85. The number of hydrogen-bond acceptors (Lipinski definition) is 4. The van der Waals surface area contributed by atoms with Gasteiger partial charge in [-0.2, -0.15) is 0 Å². The molecule has 2 heterocycles. The molecule has 1 aromatic carbocycles. The minimum atomic E-state index is -0.163. The smallest absolute Gasteiger partial charge is 0.317 e. The highest BCUT2D eigenvalue weighted by Gasteiger charge is 2.14. The Bertz CT molecular complexity index is 625. The van der Waals surface area contributed by atoms with Crippen LogP contribution >= 0.6 is 0 Å². The topological polar surface area (TPSA) is 63.9 Å². The number of urea groups is 1. The predicted molar refractivity (Wildman–Crippen MR) is 75.0 cm³/mol. The first-order valence-corrected chi connectivity index (χ1v) is 6.62. The molecule has 2 amide bonds. The molecule has 1 aliphatic rings. The molecule has 0 fully saturated rings. The first kappa shape index (κ1) is 13.4. The highest BCUT2D eigenvalue weighted by atomic mass is 16.7. The molecule has 21 heavy (non-hydrogen) atoms. The summed E-state index contributed by atoms with van der Waals surface area (Å²) in [6.07, 6.45) is 1.59. The van der Waals surface area contributed by atoms with Crippen molar-refractivity contribution >= 4 is 6.03 Å². The van der Waals surface area contributed by atoms with Crippen molar-refractivity contribution in [3.8, 4) is 11.5 Å². The third-order valence-corrected chi connectivity index (χ3v) is 3.20. The number of furan rings is 1. The van der Waals surface area contributed by atoms with E-state index in [1.54, 1.807) is 24.3 Å². The molecular formula is C15H16N2O4. The zero-order valence-electron chi connectivity index (χ0n) is 11.7. The normalized spacial score (nSPS) is 12.2. The molecule has 1 aliphatic heterocycles. The third kappa shape index (κ3) is 3.10. The molecule has 2 aromatic rings. The number of nitrogens with one attached hydrogen (secondary N) is 1. The Labute approximate surface area is 122 Å². The summed E-state index contributed by atoms with van der Waals surface area (Å²) in [6.45, 7) is 1.11. The average molecular weight is 288 g/mol. The van der Waals surface area contributed by atoms with Gasteiger partial charge in [0.25, 0.3) is 0 Å². The molecule has 0 unspecified atom stereocenters. The van der Waals surface area contributed by atoms with Gasteiger partial charge in [0.2, 0.25) is 6.79 Å². The Hall–Kier alpha value is -2.63. The summed E-state index contributed by atoms with van der Waals surface area (Å²) in [4.78, 5) is 13.6. The number of carbonyl (C=O) groups is 1. The number of amides is 2. The van der Waals surface area contributed by atoms with Crippen molar-refractivity contribution in [3.05, 3.63) is 47.9 Å². The maximum atomic E-state index is 12.0. The second-order valence-corrected chi connectivity index (χ2v) is 4.78. The van der Waals surface area contributed by atoms with Crippen molar-refractivity contribution in [2.75, 3.05) is 13.8 Å².